The summed E-state index contributed by atoms with van der Waals surface area (Å²) in [6, 6.07) is 0. The maximum atomic E-state index is 7.74. The minimum absolute atomic E-state index is 0.472. The van der Waals surface area contributed by atoms with E-state index in [1.54, 1.807) is 0 Å². The topological polar surface area (TPSA) is 58.3 Å². The van der Waals surface area contributed by atoms with E-state index in [1.807, 2.05) is 5.48 Å². The summed E-state index contributed by atoms with van der Waals surface area (Å²) in [6.45, 7) is 0.955. The van der Waals surface area contributed by atoms with Gasteiger partial charge in [0.05, 0.1) is 0 Å². The zero-order chi connectivity index (χ0) is 6.12. The van der Waals surface area contributed by atoms with E-state index in [1.165, 1.54) is 0 Å². The molecule has 5 heteroatoms. The summed E-state index contributed by atoms with van der Waals surface area (Å²) in [7, 11) is 4.49. The van der Waals surface area contributed by atoms with Gasteiger partial charge in [0.1, 0.15) is 0 Å². The van der Waals surface area contributed by atoms with Crippen LogP contribution in [0.3, 0.4) is 0 Å². The van der Waals surface area contributed by atoms with Crippen molar-refractivity contribution in [2.75, 3.05) is 13.1 Å². The quantitative estimate of drug-likeness (QED) is 0.437. The molecule has 4 N–H and O–H groups in total. The molecule has 0 aliphatic carbocycles. The number of halogens is 1. The van der Waals surface area contributed by atoms with Crippen molar-refractivity contribution < 1.29 is 23.4 Å². The molecule has 0 saturated carbocycles. The first kappa shape index (κ1) is 10.7. The van der Waals surface area contributed by atoms with Gasteiger partial charge in [-0.3, -0.25) is 0 Å². The van der Waals surface area contributed by atoms with Crippen molar-refractivity contribution in [2.24, 2.45) is 5.73 Å². The van der Waals surface area contributed by atoms with Gasteiger partial charge >= 0.3 is 27.7 Å². The molecule has 0 fully saturated rings. The molecule has 0 aromatic carbocycles. The molecular weight excluding hydrogens is 210 g/mol. The zero-order valence-electron chi connectivity index (χ0n) is 3.63. The summed E-state index contributed by atoms with van der Waals surface area (Å²) in [6.07, 6.45) is 0. The van der Waals surface area contributed by atoms with E-state index in [4.69, 9.17) is 10.9 Å². The third kappa shape index (κ3) is 19.9. The Labute approximate surface area is 57.6 Å². The fourth-order valence-electron chi connectivity index (χ4n) is 0.0645. The molecule has 0 aromatic heterocycles. The monoisotopic (exact) mass is 217 g/mol. The van der Waals surface area contributed by atoms with Crippen LogP contribution in [0.25, 0.3) is 0 Å². The first-order valence-electron chi connectivity index (χ1n) is 1.60. The van der Waals surface area contributed by atoms with Crippen molar-refractivity contribution in [1.82, 2.24) is 5.48 Å². The molecule has 0 bridgehead atoms. The predicted octanol–water partition coefficient (Wildman–Crippen LogP) is -0.389. The second-order valence-corrected chi connectivity index (χ2v) is 0.697. The zero-order valence-corrected chi connectivity index (χ0v) is 5.94. The van der Waals surface area contributed by atoms with Crippen LogP contribution >= 0.6 is 9.53 Å². The maximum absolute atomic E-state index is 7.74. The van der Waals surface area contributed by atoms with E-state index in [0.717, 1.165) is 0 Å². The average molecular weight is 218 g/mol. The van der Waals surface area contributed by atoms with Gasteiger partial charge in [-0.25, -0.2) is 5.48 Å². The Hall–Kier alpha value is 0.832. The molecule has 3 nitrogen and oxygen atoms in total. The number of hydrogen-bond donors (Lipinski definition) is 3. The Bertz CT molecular complexity index is 23.2. The molecule has 0 unspecified atom stereocenters. The molecule has 0 amide bonds. The van der Waals surface area contributed by atoms with Gasteiger partial charge in [0, 0.05) is 13.1 Å². The molecule has 0 atom stereocenters. The number of nitrogens with one attached hydrogen (secondary N) is 1. The van der Waals surface area contributed by atoms with Crippen LogP contribution in [-0.2, 0) is 18.2 Å². The van der Waals surface area contributed by atoms with Gasteiger partial charge in [-0.15, -0.1) is 0 Å². The normalized spacial score (nSPS) is 7.00. The van der Waals surface area contributed by atoms with E-state index < -0.39 is 0 Å². The Balaban J connectivity index is 0. The molecule has 0 saturated heterocycles. The Kier molecular flexibility index (Phi) is 24.3. The summed E-state index contributed by atoms with van der Waals surface area (Å²) >= 11 is 2.22. The van der Waals surface area contributed by atoms with Gasteiger partial charge in [-0.1, -0.05) is 0 Å². The molecule has 0 radical (unpaired) electrons. The summed E-state index contributed by atoms with van der Waals surface area (Å²) in [5.41, 5.74) is 6.81. The molecule has 0 spiro atoms. The molecule has 0 heterocycles. The van der Waals surface area contributed by atoms with Crippen LogP contribution in [0.1, 0.15) is 0 Å². The van der Waals surface area contributed by atoms with E-state index in [0.29, 0.717) is 13.1 Å². The number of hydrogen-bond acceptors (Lipinski definition) is 3. The van der Waals surface area contributed by atoms with Crippen molar-refractivity contribution in [3.05, 3.63) is 0 Å². The Morgan fingerprint density at radius 2 is 2.14 bits per heavy atom. The molecule has 0 aliphatic rings. The van der Waals surface area contributed by atoms with E-state index in [-0.39, 0.29) is 0 Å². The third-order valence-electron chi connectivity index (χ3n) is 0.256. The summed E-state index contributed by atoms with van der Waals surface area (Å²) in [4.78, 5) is 0. The standard InChI is InChI=1S/C2H8N2O.ClH.Pd/c3-1-2-4-5;;/h4-5H,1-3H2;1H;/q;;+1/p-1. The predicted molar refractivity (Wildman–Crippen MR) is 24.7 cm³/mol. The number of nitrogens with two attached hydrogens (primary N) is 1. The molecular formula is C2H8ClN2OPd. The van der Waals surface area contributed by atoms with E-state index in [2.05, 4.69) is 27.7 Å². The fraction of sp³-hybridized carbons (Fsp3) is 1.00. The summed E-state index contributed by atoms with van der Waals surface area (Å²) in [5.74, 6) is 0. The first-order chi connectivity index (χ1) is 3.41. The molecule has 49 valence electrons. The number of rotatable bonds is 2. The first-order valence-corrected chi connectivity index (χ1v) is 3.61. The Morgan fingerprint density at radius 3 is 2.14 bits per heavy atom. The number of hydroxylamine groups is 1. The van der Waals surface area contributed by atoms with Gasteiger partial charge in [-0.2, -0.15) is 0 Å². The summed E-state index contributed by atoms with van der Waals surface area (Å²) < 4.78 is 0. The minimum atomic E-state index is 0.472. The van der Waals surface area contributed by atoms with Crippen LogP contribution in [0.4, 0.5) is 0 Å². The van der Waals surface area contributed by atoms with Gasteiger partial charge in [-0.05, 0) is 0 Å². The van der Waals surface area contributed by atoms with Gasteiger partial charge in [0.15, 0.2) is 0 Å². The Morgan fingerprint density at radius 1 is 1.71 bits per heavy atom. The van der Waals surface area contributed by atoms with Crippen LogP contribution < -0.4 is 11.2 Å². The van der Waals surface area contributed by atoms with Gasteiger partial charge in [0.25, 0.3) is 0 Å². The molecule has 0 aliphatic heterocycles. The van der Waals surface area contributed by atoms with E-state index in [9.17, 15) is 0 Å². The van der Waals surface area contributed by atoms with E-state index >= 15 is 0 Å². The molecule has 0 aromatic rings. The SMILES string of the molecule is NCCNO.[Cl][Pd]. The van der Waals surface area contributed by atoms with Crippen LogP contribution in [0, 0.1) is 0 Å². The average Bonchev–Trinajstić information content (AvgIpc) is 1.75. The van der Waals surface area contributed by atoms with Crippen LogP contribution in [0.15, 0.2) is 0 Å². The van der Waals surface area contributed by atoms with Crippen molar-refractivity contribution >= 4 is 9.53 Å². The van der Waals surface area contributed by atoms with Crippen molar-refractivity contribution in [1.29, 1.82) is 0 Å². The van der Waals surface area contributed by atoms with Crippen LogP contribution in [0.5, 0.6) is 0 Å². The second kappa shape index (κ2) is 15.8. The van der Waals surface area contributed by atoms with Crippen LogP contribution in [0.2, 0.25) is 0 Å². The molecule has 0 rings (SSSR count). The fourth-order valence-corrected chi connectivity index (χ4v) is 0.0645. The second-order valence-electron chi connectivity index (χ2n) is 0.697. The van der Waals surface area contributed by atoms with Gasteiger partial charge < -0.3 is 10.9 Å². The van der Waals surface area contributed by atoms with Crippen LogP contribution in [-0.4, -0.2) is 18.3 Å². The molecule has 7 heavy (non-hydrogen) atoms. The third-order valence-corrected chi connectivity index (χ3v) is 0.256. The van der Waals surface area contributed by atoms with Crippen molar-refractivity contribution in [3.63, 3.8) is 0 Å². The van der Waals surface area contributed by atoms with Gasteiger partial charge in [0.2, 0.25) is 0 Å². The van der Waals surface area contributed by atoms with Crippen molar-refractivity contribution in [2.45, 2.75) is 0 Å². The summed E-state index contributed by atoms with van der Waals surface area (Å²) in [5, 5.41) is 7.74. The van der Waals surface area contributed by atoms with Crippen molar-refractivity contribution in [3.8, 4) is 0 Å².